The summed E-state index contributed by atoms with van der Waals surface area (Å²) in [4.78, 5) is 0. The molecule has 2 heteroatoms. The summed E-state index contributed by atoms with van der Waals surface area (Å²) in [6.07, 6.45) is 1.32. The van der Waals surface area contributed by atoms with E-state index in [2.05, 4.69) is 39.6 Å². The molecule has 0 aromatic rings. The Balaban J connectivity index is 0. The lowest BCUT2D eigenvalue weighted by atomic mass is 9.96. The molecule has 0 heterocycles. The summed E-state index contributed by atoms with van der Waals surface area (Å²) < 4.78 is 6.47. The zero-order valence-corrected chi connectivity index (χ0v) is 7.44. The maximum atomic E-state index is 6.47. The Kier molecular flexibility index (Phi) is 11.0. The number of hydrogen-bond donors (Lipinski definition) is 1. The van der Waals surface area contributed by atoms with E-state index in [9.17, 15) is 0 Å². The summed E-state index contributed by atoms with van der Waals surface area (Å²) in [5.41, 5.74) is 0. The molecule has 0 bridgehead atoms. The van der Waals surface area contributed by atoms with E-state index in [1.54, 1.807) is 0 Å². The number of rotatable bonds is 2. The van der Waals surface area contributed by atoms with Crippen molar-refractivity contribution in [1.29, 1.82) is 0 Å². The molecule has 1 atom stereocenters. The molecular formula is C7H17ClO. The van der Waals surface area contributed by atoms with E-state index in [4.69, 9.17) is 4.66 Å². The van der Waals surface area contributed by atoms with Gasteiger partial charge < -0.3 is 0 Å². The van der Waals surface area contributed by atoms with E-state index in [-0.39, 0.29) is 0 Å². The van der Waals surface area contributed by atoms with Crippen LogP contribution in [-0.2, 0) is 0 Å². The molecular weight excluding hydrogens is 136 g/mol. The van der Waals surface area contributed by atoms with Gasteiger partial charge in [0.05, 0.1) is 11.9 Å². The van der Waals surface area contributed by atoms with Gasteiger partial charge in [-0.1, -0.05) is 34.1 Å². The molecule has 0 aromatic heterocycles. The van der Waals surface area contributed by atoms with Crippen LogP contribution >= 0.6 is 11.9 Å². The van der Waals surface area contributed by atoms with Crippen molar-refractivity contribution in [1.82, 2.24) is 0 Å². The average Bonchev–Trinajstić information content (AvgIpc) is 1.91. The fourth-order valence-electron chi connectivity index (χ4n) is 0.471. The lowest BCUT2D eigenvalue weighted by Gasteiger charge is -2.10. The van der Waals surface area contributed by atoms with Crippen molar-refractivity contribution >= 4 is 11.9 Å². The Morgan fingerprint density at radius 3 is 1.56 bits per heavy atom. The lowest BCUT2D eigenvalue weighted by molar-refractivity contribution is 0.407. The SMILES string of the molecule is CCC(C)C(C)C.OCl. The van der Waals surface area contributed by atoms with Gasteiger partial charge in [0.2, 0.25) is 0 Å². The fraction of sp³-hybridized carbons (Fsp3) is 1.00. The molecule has 0 aliphatic carbocycles. The molecule has 0 saturated carbocycles. The Morgan fingerprint density at radius 2 is 1.56 bits per heavy atom. The van der Waals surface area contributed by atoms with Gasteiger partial charge in [-0.15, -0.1) is 0 Å². The van der Waals surface area contributed by atoms with Crippen LogP contribution in [0.3, 0.4) is 0 Å². The molecule has 0 aliphatic rings. The van der Waals surface area contributed by atoms with Crippen LogP contribution in [0, 0.1) is 11.8 Å². The van der Waals surface area contributed by atoms with Gasteiger partial charge in [-0.2, -0.15) is 0 Å². The van der Waals surface area contributed by atoms with Crippen molar-refractivity contribution in [2.45, 2.75) is 34.1 Å². The highest BCUT2D eigenvalue weighted by Crippen LogP contribution is 2.11. The van der Waals surface area contributed by atoms with Crippen LogP contribution in [-0.4, -0.2) is 4.66 Å². The molecule has 0 rings (SSSR count). The maximum absolute atomic E-state index is 6.47. The van der Waals surface area contributed by atoms with Crippen molar-refractivity contribution in [3.05, 3.63) is 0 Å². The third-order valence-electron chi connectivity index (χ3n) is 1.78. The summed E-state index contributed by atoms with van der Waals surface area (Å²) in [6.45, 7) is 9.08. The molecule has 1 unspecified atom stereocenters. The molecule has 0 aliphatic heterocycles. The summed E-state index contributed by atoms with van der Waals surface area (Å²) in [5, 5.41) is 0. The number of halogens is 1. The third kappa shape index (κ3) is 8.25. The van der Waals surface area contributed by atoms with Crippen LogP contribution in [0.1, 0.15) is 34.1 Å². The molecule has 58 valence electrons. The van der Waals surface area contributed by atoms with Crippen molar-refractivity contribution in [2.75, 3.05) is 0 Å². The summed E-state index contributed by atoms with van der Waals surface area (Å²) in [7, 11) is 0. The van der Waals surface area contributed by atoms with E-state index in [1.807, 2.05) is 0 Å². The second kappa shape index (κ2) is 8.25. The minimum Gasteiger partial charge on any atom is -0.295 e. The van der Waals surface area contributed by atoms with Gasteiger partial charge in [0, 0.05) is 0 Å². The quantitative estimate of drug-likeness (QED) is 0.645. The fourth-order valence-corrected chi connectivity index (χ4v) is 0.471. The largest absolute Gasteiger partial charge is 0.295 e. The molecule has 0 aromatic carbocycles. The molecule has 9 heavy (non-hydrogen) atoms. The first-order valence-corrected chi connectivity index (χ1v) is 3.69. The Morgan fingerprint density at radius 1 is 1.22 bits per heavy atom. The van der Waals surface area contributed by atoms with Gasteiger partial charge >= 0.3 is 0 Å². The molecule has 0 saturated heterocycles. The Bertz CT molecular complexity index is 46.2. The summed E-state index contributed by atoms with van der Waals surface area (Å²) >= 11 is 3.64. The van der Waals surface area contributed by atoms with Crippen LogP contribution in [0.15, 0.2) is 0 Å². The normalized spacial score (nSPS) is 12.3. The van der Waals surface area contributed by atoms with E-state index in [0.717, 1.165) is 11.8 Å². The van der Waals surface area contributed by atoms with Crippen molar-refractivity contribution in [2.24, 2.45) is 11.8 Å². The van der Waals surface area contributed by atoms with Crippen molar-refractivity contribution in [3.63, 3.8) is 0 Å². The molecule has 0 radical (unpaired) electrons. The lowest BCUT2D eigenvalue weighted by Crippen LogP contribution is -2.00. The minimum absolute atomic E-state index is 0.866. The van der Waals surface area contributed by atoms with Gasteiger partial charge in [0.1, 0.15) is 0 Å². The first-order valence-electron chi connectivity index (χ1n) is 3.35. The van der Waals surface area contributed by atoms with E-state index >= 15 is 0 Å². The second-order valence-corrected chi connectivity index (χ2v) is 2.63. The monoisotopic (exact) mass is 152 g/mol. The molecule has 0 spiro atoms. The van der Waals surface area contributed by atoms with Crippen LogP contribution < -0.4 is 0 Å². The first kappa shape index (κ1) is 12.0. The number of hydrogen-bond acceptors (Lipinski definition) is 1. The van der Waals surface area contributed by atoms with Crippen molar-refractivity contribution < 1.29 is 4.66 Å². The highest BCUT2D eigenvalue weighted by molar-refractivity contribution is 6.04. The van der Waals surface area contributed by atoms with Crippen LogP contribution in [0.4, 0.5) is 0 Å². The Labute approximate surface area is 63.2 Å². The highest BCUT2D eigenvalue weighted by atomic mass is 35.5. The van der Waals surface area contributed by atoms with E-state index < -0.39 is 0 Å². The standard InChI is InChI=1S/C7H16.ClHO/c1-5-7(4)6(2)3;1-2/h6-7H,5H2,1-4H3;2H. The summed E-state index contributed by atoms with van der Waals surface area (Å²) in [5.74, 6) is 1.77. The molecule has 0 amide bonds. The zero-order valence-electron chi connectivity index (χ0n) is 6.69. The van der Waals surface area contributed by atoms with Gasteiger partial charge in [-0.25, -0.2) is 0 Å². The van der Waals surface area contributed by atoms with Crippen LogP contribution in [0.5, 0.6) is 0 Å². The first-order chi connectivity index (χ1) is 4.18. The second-order valence-electron chi connectivity index (χ2n) is 2.63. The molecule has 0 fully saturated rings. The topological polar surface area (TPSA) is 20.2 Å². The zero-order chi connectivity index (χ0) is 7.86. The average molecular weight is 153 g/mol. The van der Waals surface area contributed by atoms with Gasteiger partial charge in [-0.05, 0) is 11.8 Å². The van der Waals surface area contributed by atoms with Crippen LogP contribution in [0.25, 0.3) is 0 Å². The molecule has 1 nitrogen and oxygen atoms in total. The molecule has 1 N–H and O–H groups in total. The third-order valence-corrected chi connectivity index (χ3v) is 1.78. The predicted molar refractivity (Wildman–Crippen MR) is 42.4 cm³/mol. The Hall–Kier alpha value is 0.250. The highest BCUT2D eigenvalue weighted by Gasteiger charge is 2.01. The van der Waals surface area contributed by atoms with Gasteiger partial charge in [0.25, 0.3) is 0 Å². The van der Waals surface area contributed by atoms with E-state index in [0.29, 0.717) is 0 Å². The van der Waals surface area contributed by atoms with E-state index in [1.165, 1.54) is 6.42 Å². The van der Waals surface area contributed by atoms with Crippen LogP contribution in [0.2, 0.25) is 0 Å². The minimum atomic E-state index is 0.866. The van der Waals surface area contributed by atoms with Gasteiger partial charge in [-0.3, -0.25) is 4.66 Å². The summed E-state index contributed by atoms with van der Waals surface area (Å²) in [6, 6.07) is 0. The van der Waals surface area contributed by atoms with Gasteiger partial charge in [0.15, 0.2) is 0 Å². The predicted octanol–water partition coefficient (Wildman–Crippen LogP) is 2.82. The maximum Gasteiger partial charge on any atom is 0.0579 e. The smallest absolute Gasteiger partial charge is 0.0579 e. The van der Waals surface area contributed by atoms with Crippen molar-refractivity contribution in [3.8, 4) is 0 Å².